The highest BCUT2D eigenvalue weighted by Crippen LogP contribution is 2.40. The van der Waals surface area contributed by atoms with E-state index in [-0.39, 0.29) is 0 Å². The van der Waals surface area contributed by atoms with Crippen LogP contribution >= 0.6 is 0 Å². The maximum absolute atomic E-state index is 9.42. The van der Waals surface area contributed by atoms with Gasteiger partial charge in [-0.05, 0) is 42.0 Å². The third-order valence-corrected chi connectivity index (χ3v) is 3.85. The molecule has 1 unspecified atom stereocenters. The van der Waals surface area contributed by atoms with E-state index in [1.807, 2.05) is 12.1 Å². The van der Waals surface area contributed by atoms with Crippen LogP contribution in [0, 0.1) is 5.92 Å². The zero-order valence-corrected chi connectivity index (χ0v) is 8.87. The van der Waals surface area contributed by atoms with Gasteiger partial charge in [-0.2, -0.15) is 0 Å². The molecule has 1 aromatic carbocycles. The molecule has 0 saturated heterocycles. The van der Waals surface area contributed by atoms with Gasteiger partial charge in [-0.1, -0.05) is 18.9 Å². The Morgan fingerprint density at radius 1 is 1.20 bits per heavy atom. The summed E-state index contributed by atoms with van der Waals surface area (Å²) in [7, 11) is 0. The Bertz CT molecular complexity index is 369. The van der Waals surface area contributed by atoms with Gasteiger partial charge in [0, 0.05) is 12.6 Å². The number of phenolic OH excluding ortho intramolecular Hbond substituents is 1. The highest BCUT2D eigenvalue weighted by Gasteiger charge is 2.31. The van der Waals surface area contributed by atoms with Crippen molar-refractivity contribution in [2.45, 2.75) is 38.3 Å². The Hall–Kier alpha value is -1.02. The van der Waals surface area contributed by atoms with Crippen LogP contribution in [0.3, 0.4) is 0 Å². The van der Waals surface area contributed by atoms with Gasteiger partial charge in [0.1, 0.15) is 5.75 Å². The van der Waals surface area contributed by atoms with E-state index in [0.29, 0.717) is 11.8 Å². The van der Waals surface area contributed by atoms with Gasteiger partial charge < -0.3 is 10.4 Å². The number of fused-ring (bicyclic) bond motifs is 1. The first-order chi connectivity index (χ1) is 7.34. The molecule has 0 bridgehead atoms. The van der Waals surface area contributed by atoms with Crippen molar-refractivity contribution < 1.29 is 5.11 Å². The summed E-state index contributed by atoms with van der Waals surface area (Å²) < 4.78 is 0. The van der Waals surface area contributed by atoms with Crippen LogP contribution in [0.1, 0.15) is 42.9 Å². The summed E-state index contributed by atoms with van der Waals surface area (Å²) in [5, 5.41) is 13.0. The van der Waals surface area contributed by atoms with Gasteiger partial charge in [-0.15, -0.1) is 0 Å². The summed E-state index contributed by atoms with van der Waals surface area (Å²) >= 11 is 0. The van der Waals surface area contributed by atoms with Gasteiger partial charge in [-0.25, -0.2) is 0 Å². The molecule has 2 heteroatoms. The molecule has 1 atom stereocenters. The normalized spacial score (nSPS) is 25.7. The molecule has 1 aliphatic carbocycles. The van der Waals surface area contributed by atoms with E-state index in [1.165, 1.54) is 36.8 Å². The molecule has 0 aromatic heterocycles. The standard InChI is InChI=1S/C13H17NO/c15-11-5-6-12-10(7-11)8-14-13(12)9-3-1-2-4-9/h5-7,9,13-15H,1-4,8H2. The van der Waals surface area contributed by atoms with Gasteiger partial charge in [-0.3, -0.25) is 0 Å². The van der Waals surface area contributed by atoms with Gasteiger partial charge in [0.15, 0.2) is 0 Å². The molecule has 80 valence electrons. The minimum atomic E-state index is 0.391. The van der Waals surface area contributed by atoms with Crippen LogP contribution in [0.2, 0.25) is 0 Å². The predicted octanol–water partition coefficient (Wildman–Crippen LogP) is 2.73. The molecule has 15 heavy (non-hydrogen) atoms. The molecule has 2 nitrogen and oxygen atoms in total. The third kappa shape index (κ3) is 1.53. The molecule has 2 aliphatic rings. The van der Waals surface area contributed by atoms with E-state index < -0.39 is 0 Å². The summed E-state index contributed by atoms with van der Waals surface area (Å²) in [4.78, 5) is 0. The zero-order valence-electron chi connectivity index (χ0n) is 8.87. The van der Waals surface area contributed by atoms with Crippen LogP contribution < -0.4 is 5.32 Å². The molecule has 1 heterocycles. The first kappa shape index (κ1) is 9.22. The number of hydrogen-bond donors (Lipinski definition) is 2. The molecule has 3 rings (SSSR count). The van der Waals surface area contributed by atoms with Crippen molar-refractivity contribution >= 4 is 0 Å². The SMILES string of the molecule is Oc1ccc2c(c1)CNC2C1CCCC1. The lowest BCUT2D eigenvalue weighted by atomic mass is 9.92. The maximum atomic E-state index is 9.42. The number of aromatic hydroxyl groups is 1. The number of phenols is 1. The molecule has 2 N–H and O–H groups in total. The molecule has 0 amide bonds. The lowest BCUT2D eigenvalue weighted by Gasteiger charge is -2.19. The van der Waals surface area contributed by atoms with Gasteiger partial charge in [0.05, 0.1) is 0 Å². The quantitative estimate of drug-likeness (QED) is 0.735. The van der Waals surface area contributed by atoms with Crippen LogP contribution in [0.4, 0.5) is 0 Å². The molecule has 1 aliphatic heterocycles. The molecule has 1 aromatic rings. The molecular formula is C13H17NO. The number of rotatable bonds is 1. The van der Waals surface area contributed by atoms with Crippen molar-refractivity contribution in [3.05, 3.63) is 29.3 Å². The first-order valence-electron chi connectivity index (χ1n) is 5.90. The topological polar surface area (TPSA) is 32.3 Å². The average molecular weight is 203 g/mol. The summed E-state index contributed by atoms with van der Waals surface area (Å²) in [5.41, 5.74) is 2.70. The highest BCUT2D eigenvalue weighted by molar-refractivity contribution is 5.40. The van der Waals surface area contributed by atoms with Crippen molar-refractivity contribution in [2.75, 3.05) is 0 Å². The minimum absolute atomic E-state index is 0.391. The second kappa shape index (κ2) is 3.53. The Kier molecular flexibility index (Phi) is 2.17. The van der Waals surface area contributed by atoms with Crippen LogP contribution in [-0.2, 0) is 6.54 Å². The second-order valence-corrected chi connectivity index (χ2v) is 4.79. The van der Waals surface area contributed by atoms with Crippen LogP contribution in [0.5, 0.6) is 5.75 Å². The average Bonchev–Trinajstić information content (AvgIpc) is 2.82. The van der Waals surface area contributed by atoms with E-state index in [4.69, 9.17) is 0 Å². The van der Waals surface area contributed by atoms with Crippen molar-refractivity contribution in [3.8, 4) is 5.75 Å². The maximum Gasteiger partial charge on any atom is 0.115 e. The fourth-order valence-corrected chi connectivity index (χ4v) is 3.09. The number of hydrogen-bond acceptors (Lipinski definition) is 2. The smallest absolute Gasteiger partial charge is 0.115 e. The largest absolute Gasteiger partial charge is 0.508 e. The lowest BCUT2D eigenvalue weighted by molar-refractivity contribution is 0.390. The first-order valence-corrected chi connectivity index (χ1v) is 5.90. The van der Waals surface area contributed by atoms with Gasteiger partial charge in [0.2, 0.25) is 0 Å². The van der Waals surface area contributed by atoms with Gasteiger partial charge in [0.25, 0.3) is 0 Å². The summed E-state index contributed by atoms with van der Waals surface area (Å²) in [6.07, 6.45) is 5.49. The fraction of sp³-hybridized carbons (Fsp3) is 0.538. The Balaban J connectivity index is 1.90. The van der Waals surface area contributed by atoms with E-state index in [9.17, 15) is 5.11 Å². The second-order valence-electron chi connectivity index (χ2n) is 4.79. The van der Waals surface area contributed by atoms with Crippen molar-refractivity contribution in [1.82, 2.24) is 5.32 Å². The molecule has 1 fully saturated rings. The van der Waals surface area contributed by atoms with Crippen molar-refractivity contribution in [3.63, 3.8) is 0 Å². The summed E-state index contributed by atoms with van der Waals surface area (Å²) in [5.74, 6) is 1.21. The Labute approximate surface area is 90.3 Å². The van der Waals surface area contributed by atoms with E-state index in [2.05, 4.69) is 11.4 Å². The zero-order chi connectivity index (χ0) is 10.3. The van der Waals surface area contributed by atoms with Crippen LogP contribution in [0.25, 0.3) is 0 Å². The molecule has 0 spiro atoms. The molecular weight excluding hydrogens is 186 g/mol. The molecule has 0 radical (unpaired) electrons. The highest BCUT2D eigenvalue weighted by atomic mass is 16.3. The molecule has 1 saturated carbocycles. The van der Waals surface area contributed by atoms with E-state index >= 15 is 0 Å². The lowest BCUT2D eigenvalue weighted by Crippen LogP contribution is -2.19. The van der Waals surface area contributed by atoms with Crippen molar-refractivity contribution in [2.24, 2.45) is 5.92 Å². The van der Waals surface area contributed by atoms with Crippen molar-refractivity contribution in [1.29, 1.82) is 0 Å². The monoisotopic (exact) mass is 203 g/mol. The predicted molar refractivity (Wildman–Crippen MR) is 59.6 cm³/mol. The summed E-state index contributed by atoms with van der Waals surface area (Å²) in [6, 6.07) is 6.35. The van der Waals surface area contributed by atoms with E-state index in [1.54, 1.807) is 0 Å². The van der Waals surface area contributed by atoms with Gasteiger partial charge >= 0.3 is 0 Å². The Morgan fingerprint density at radius 3 is 2.80 bits per heavy atom. The Morgan fingerprint density at radius 2 is 2.00 bits per heavy atom. The minimum Gasteiger partial charge on any atom is -0.508 e. The van der Waals surface area contributed by atoms with Crippen LogP contribution in [0.15, 0.2) is 18.2 Å². The summed E-state index contributed by atoms with van der Waals surface area (Å²) in [6.45, 7) is 0.922. The fourth-order valence-electron chi connectivity index (χ4n) is 3.09. The third-order valence-electron chi connectivity index (χ3n) is 3.85. The number of nitrogens with one attached hydrogen (secondary N) is 1. The number of benzene rings is 1. The van der Waals surface area contributed by atoms with E-state index in [0.717, 1.165) is 12.5 Å². The van der Waals surface area contributed by atoms with Crippen LogP contribution in [-0.4, -0.2) is 5.11 Å².